The minimum atomic E-state index is -0.280. The van der Waals surface area contributed by atoms with E-state index in [2.05, 4.69) is 20.8 Å². The van der Waals surface area contributed by atoms with E-state index < -0.39 is 0 Å². The van der Waals surface area contributed by atoms with Gasteiger partial charge >= 0.3 is 5.97 Å². The van der Waals surface area contributed by atoms with E-state index in [-0.39, 0.29) is 40.0 Å². The molecule has 4 nitrogen and oxygen atoms in total. The fourth-order valence-corrected chi connectivity index (χ4v) is 8.62. The van der Waals surface area contributed by atoms with E-state index in [1.54, 1.807) is 0 Å². The Hall–Kier alpha value is -0.610. The lowest BCUT2D eigenvalue weighted by Crippen LogP contribution is -2.64. The van der Waals surface area contributed by atoms with Gasteiger partial charge in [-0.3, -0.25) is 4.79 Å². The van der Waals surface area contributed by atoms with Crippen molar-refractivity contribution in [2.45, 2.75) is 90.4 Å². The molecule has 4 saturated carbocycles. The van der Waals surface area contributed by atoms with E-state index in [4.69, 9.17) is 9.47 Å². The molecule has 0 aromatic heterocycles. The van der Waals surface area contributed by atoms with Crippen LogP contribution in [0.5, 0.6) is 0 Å². The first-order valence-electron chi connectivity index (χ1n) is 10.7. The lowest BCUT2D eigenvalue weighted by Gasteiger charge is -2.65. The second-order valence-electron chi connectivity index (χ2n) is 10.9. The summed E-state index contributed by atoms with van der Waals surface area (Å²) in [7, 11) is 0. The Labute approximate surface area is 157 Å². The van der Waals surface area contributed by atoms with Crippen molar-refractivity contribution in [2.75, 3.05) is 6.61 Å². The SMILES string of the molecule is CC(=O)OCC1(C)CCCC2(C)C1CC(O)C13CC(CCC21)C1(C)OC13. The smallest absolute Gasteiger partial charge is 0.302 e. The zero-order valence-electron chi connectivity index (χ0n) is 16.7. The molecule has 5 fully saturated rings. The van der Waals surface area contributed by atoms with Crippen LogP contribution >= 0.6 is 0 Å². The first kappa shape index (κ1) is 17.5. The summed E-state index contributed by atoms with van der Waals surface area (Å²) < 4.78 is 11.8. The fourth-order valence-electron chi connectivity index (χ4n) is 8.62. The summed E-state index contributed by atoms with van der Waals surface area (Å²) in [4.78, 5) is 11.5. The lowest BCUT2D eigenvalue weighted by molar-refractivity contribution is -0.222. The molecule has 0 amide bonds. The van der Waals surface area contributed by atoms with Gasteiger partial charge < -0.3 is 14.6 Å². The molecule has 1 spiro atoms. The molecule has 1 heterocycles. The summed E-state index contributed by atoms with van der Waals surface area (Å²) in [6.07, 6.45) is 7.98. The van der Waals surface area contributed by atoms with E-state index in [0.717, 1.165) is 19.3 Å². The molecule has 1 aliphatic heterocycles. The monoisotopic (exact) mass is 362 g/mol. The highest BCUT2D eigenvalue weighted by atomic mass is 16.6. The molecule has 9 unspecified atom stereocenters. The van der Waals surface area contributed by atoms with Crippen molar-refractivity contribution in [3.8, 4) is 0 Å². The Balaban J connectivity index is 1.52. The standard InChI is InChI=1S/C22H34O4/c1-13(23)25-12-19(2)8-5-9-20(3)15-7-6-14-11-22(15,17(24)10-16(19)20)18-21(14,4)26-18/h14-18,24H,5-12H2,1-4H3. The molecular formula is C22H34O4. The van der Waals surface area contributed by atoms with Crippen LogP contribution in [0.3, 0.4) is 0 Å². The Kier molecular flexibility index (Phi) is 3.40. The average Bonchev–Trinajstić information content (AvgIpc) is 3.25. The maximum atomic E-state index is 11.5. The molecule has 5 rings (SSSR count). The molecular weight excluding hydrogens is 328 g/mol. The molecule has 26 heavy (non-hydrogen) atoms. The van der Waals surface area contributed by atoms with Crippen molar-refractivity contribution in [1.29, 1.82) is 0 Å². The number of aliphatic hydroxyl groups is 1. The number of ether oxygens (including phenoxy) is 2. The number of carbonyl (C=O) groups is 1. The predicted molar refractivity (Wildman–Crippen MR) is 97.4 cm³/mol. The van der Waals surface area contributed by atoms with Gasteiger partial charge in [0.15, 0.2) is 0 Å². The molecule has 5 aliphatic rings. The second kappa shape index (κ2) is 5.05. The summed E-state index contributed by atoms with van der Waals surface area (Å²) in [6, 6.07) is 0. The van der Waals surface area contributed by atoms with Crippen LogP contribution in [0.4, 0.5) is 0 Å². The molecule has 4 heteroatoms. The number of carbonyl (C=O) groups excluding carboxylic acids is 1. The van der Waals surface area contributed by atoms with Gasteiger partial charge in [0.2, 0.25) is 0 Å². The quantitative estimate of drug-likeness (QED) is 0.601. The zero-order valence-corrected chi connectivity index (χ0v) is 16.7. The first-order chi connectivity index (χ1) is 12.2. The minimum absolute atomic E-state index is 0.0234. The summed E-state index contributed by atoms with van der Waals surface area (Å²) in [5.74, 6) is 1.39. The van der Waals surface area contributed by atoms with Crippen LogP contribution in [0.25, 0.3) is 0 Å². The Morgan fingerprint density at radius 1 is 1.19 bits per heavy atom. The van der Waals surface area contributed by atoms with E-state index in [0.29, 0.717) is 24.4 Å². The zero-order chi connectivity index (χ0) is 18.5. The van der Waals surface area contributed by atoms with Crippen molar-refractivity contribution in [1.82, 2.24) is 0 Å². The maximum Gasteiger partial charge on any atom is 0.302 e. The van der Waals surface area contributed by atoms with Gasteiger partial charge in [-0.15, -0.1) is 0 Å². The molecule has 9 atom stereocenters. The Morgan fingerprint density at radius 3 is 2.69 bits per heavy atom. The van der Waals surface area contributed by atoms with Gasteiger partial charge in [-0.2, -0.15) is 0 Å². The van der Waals surface area contributed by atoms with Crippen LogP contribution in [0.2, 0.25) is 0 Å². The highest BCUT2D eigenvalue weighted by molar-refractivity contribution is 5.65. The van der Waals surface area contributed by atoms with Gasteiger partial charge in [0.25, 0.3) is 0 Å². The van der Waals surface area contributed by atoms with Crippen LogP contribution < -0.4 is 0 Å². The van der Waals surface area contributed by atoms with E-state index in [9.17, 15) is 9.90 Å². The topological polar surface area (TPSA) is 59.1 Å². The lowest BCUT2D eigenvalue weighted by atomic mass is 9.40. The summed E-state index contributed by atoms with van der Waals surface area (Å²) in [6.45, 7) is 9.06. The number of esters is 1. The van der Waals surface area contributed by atoms with Crippen LogP contribution in [0.15, 0.2) is 0 Å². The molecule has 146 valence electrons. The summed E-state index contributed by atoms with van der Waals surface area (Å²) >= 11 is 0. The van der Waals surface area contributed by atoms with Crippen molar-refractivity contribution in [2.24, 2.45) is 34.0 Å². The fraction of sp³-hybridized carbons (Fsp3) is 0.955. The molecule has 1 saturated heterocycles. The van der Waals surface area contributed by atoms with Crippen LogP contribution in [-0.2, 0) is 14.3 Å². The van der Waals surface area contributed by atoms with Gasteiger partial charge in [0.1, 0.15) is 0 Å². The largest absolute Gasteiger partial charge is 0.465 e. The number of rotatable bonds is 2. The highest BCUT2D eigenvalue weighted by Crippen LogP contribution is 2.77. The first-order valence-corrected chi connectivity index (χ1v) is 10.7. The highest BCUT2D eigenvalue weighted by Gasteiger charge is 2.81. The molecule has 2 bridgehead atoms. The Morgan fingerprint density at radius 2 is 1.96 bits per heavy atom. The van der Waals surface area contributed by atoms with Crippen LogP contribution in [0.1, 0.15) is 72.6 Å². The van der Waals surface area contributed by atoms with Crippen molar-refractivity contribution in [3.05, 3.63) is 0 Å². The van der Waals surface area contributed by atoms with Gasteiger partial charge in [-0.1, -0.05) is 20.3 Å². The average molecular weight is 363 g/mol. The number of fused-ring (bicyclic) bond motifs is 5. The van der Waals surface area contributed by atoms with E-state index in [1.165, 1.54) is 32.6 Å². The molecule has 0 aromatic rings. The third kappa shape index (κ3) is 1.91. The third-order valence-corrected chi connectivity index (χ3v) is 9.77. The molecule has 1 N–H and O–H groups in total. The van der Waals surface area contributed by atoms with Crippen LogP contribution in [0, 0.1) is 34.0 Å². The van der Waals surface area contributed by atoms with E-state index >= 15 is 0 Å². The van der Waals surface area contributed by atoms with Gasteiger partial charge in [-0.25, -0.2) is 0 Å². The van der Waals surface area contributed by atoms with E-state index in [1.807, 2.05) is 0 Å². The van der Waals surface area contributed by atoms with Gasteiger partial charge in [0, 0.05) is 17.8 Å². The molecule has 0 radical (unpaired) electrons. The van der Waals surface area contributed by atoms with Gasteiger partial charge in [0.05, 0.1) is 24.4 Å². The van der Waals surface area contributed by atoms with Crippen LogP contribution in [-0.4, -0.2) is 35.5 Å². The minimum Gasteiger partial charge on any atom is -0.465 e. The van der Waals surface area contributed by atoms with Crippen molar-refractivity contribution < 1.29 is 19.4 Å². The number of epoxide rings is 1. The number of aliphatic hydroxyl groups excluding tert-OH is 1. The summed E-state index contributed by atoms with van der Waals surface area (Å²) in [5, 5.41) is 11.5. The summed E-state index contributed by atoms with van der Waals surface area (Å²) in [5.41, 5.74) is 0.205. The second-order valence-corrected chi connectivity index (χ2v) is 10.9. The molecule has 0 aromatic carbocycles. The Bertz CT molecular complexity index is 648. The normalized spacial score (nSPS) is 59.8. The van der Waals surface area contributed by atoms with Gasteiger partial charge in [-0.05, 0) is 68.6 Å². The third-order valence-electron chi connectivity index (χ3n) is 9.77. The maximum absolute atomic E-state index is 11.5. The predicted octanol–water partition coefficient (Wildman–Crippen LogP) is 3.70. The van der Waals surface area contributed by atoms with Crippen molar-refractivity contribution in [3.63, 3.8) is 0 Å². The number of hydrogen-bond acceptors (Lipinski definition) is 4. The van der Waals surface area contributed by atoms with Crippen molar-refractivity contribution >= 4 is 5.97 Å². The number of hydrogen-bond donors (Lipinski definition) is 1. The molecule has 4 aliphatic carbocycles.